The first-order valence-electron chi connectivity index (χ1n) is 9.65. The summed E-state index contributed by atoms with van der Waals surface area (Å²) in [6.45, 7) is 11.3. The number of amides is 1. The molecule has 0 aliphatic rings. The molecule has 26 heavy (non-hydrogen) atoms. The molecule has 0 saturated carbocycles. The minimum Gasteiger partial charge on any atom is -0.345 e. The van der Waals surface area contributed by atoms with Crippen molar-refractivity contribution in [1.82, 2.24) is 14.8 Å². The largest absolute Gasteiger partial charge is 0.345 e. The second-order valence-electron chi connectivity index (χ2n) is 7.59. The van der Waals surface area contributed by atoms with Gasteiger partial charge in [0.1, 0.15) is 0 Å². The molecule has 142 valence electrons. The summed E-state index contributed by atoms with van der Waals surface area (Å²) in [7, 11) is 0. The Morgan fingerprint density at radius 1 is 1.08 bits per heavy atom. The van der Waals surface area contributed by atoms with E-state index in [4.69, 9.17) is 0 Å². The molecule has 1 N–H and O–H groups in total. The summed E-state index contributed by atoms with van der Waals surface area (Å²) in [5.74, 6) is 0.816. The second kappa shape index (κ2) is 10.2. The summed E-state index contributed by atoms with van der Waals surface area (Å²) < 4.78 is 2.23. The number of hydrogen-bond acceptors (Lipinski definition) is 2. The van der Waals surface area contributed by atoms with Gasteiger partial charge >= 0.3 is 0 Å². The number of hydrogen-bond donors (Lipinski definition) is 1. The molecular formula is C22H33N3O. The normalized spacial score (nSPS) is 11.3. The number of carbonyl (C=O) groups is 1. The number of aromatic nitrogens is 1. The summed E-state index contributed by atoms with van der Waals surface area (Å²) in [5.41, 5.74) is 2.43. The summed E-state index contributed by atoms with van der Waals surface area (Å²) in [4.78, 5) is 14.6. The van der Waals surface area contributed by atoms with Crippen LogP contribution in [0.3, 0.4) is 0 Å². The SMILES string of the molecule is CC(C)CCNCC(=O)N(Cc1cccn1Cc1ccccc1)C(C)C. The Hall–Kier alpha value is -2.07. The molecule has 0 atom stereocenters. The Morgan fingerprint density at radius 2 is 1.81 bits per heavy atom. The summed E-state index contributed by atoms with van der Waals surface area (Å²) in [6.07, 6.45) is 3.18. The molecule has 1 aromatic heterocycles. The fourth-order valence-electron chi connectivity index (χ4n) is 2.95. The molecule has 0 saturated heterocycles. The highest BCUT2D eigenvalue weighted by molar-refractivity contribution is 5.78. The lowest BCUT2D eigenvalue weighted by molar-refractivity contribution is -0.132. The molecule has 1 aromatic carbocycles. The first kappa shape index (κ1) is 20.2. The van der Waals surface area contributed by atoms with E-state index in [1.165, 1.54) is 5.56 Å². The zero-order chi connectivity index (χ0) is 18.9. The van der Waals surface area contributed by atoms with Gasteiger partial charge in [0.2, 0.25) is 5.91 Å². The molecule has 0 fully saturated rings. The summed E-state index contributed by atoms with van der Waals surface area (Å²) in [6, 6.07) is 14.8. The molecule has 0 spiro atoms. The van der Waals surface area contributed by atoms with Crippen molar-refractivity contribution in [2.24, 2.45) is 5.92 Å². The Kier molecular flexibility index (Phi) is 7.92. The van der Waals surface area contributed by atoms with Gasteiger partial charge in [-0.05, 0) is 50.4 Å². The number of nitrogens with one attached hydrogen (secondary N) is 1. The smallest absolute Gasteiger partial charge is 0.237 e. The Balaban J connectivity index is 1.97. The van der Waals surface area contributed by atoms with Crippen molar-refractivity contribution in [3.8, 4) is 0 Å². The van der Waals surface area contributed by atoms with Crippen LogP contribution in [0.15, 0.2) is 48.7 Å². The van der Waals surface area contributed by atoms with E-state index in [2.05, 4.69) is 80.2 Å². The topological polar surface area (TPSA) is 37.3 Å². The standard InChI is InChI=1S/C22H33N3O/c1-18(2)12-13-23-15-22(26)25(19(3)4)17-21-11-8-14-24(21)16-20-9-6-5-7-10-20/h5-11,14,18-19,23H,12-13,15-17H2,1-4H3. The molecule has 4 nitrogen and oxygen atoms in total. The van der Waals surface area contributed by atoms with E-state index in [1.54, 1.807) is 0 Å². The molecule has 0 aliphatic heterocycles. The van der Waals surface area contributed by atoms with Gasteiger partial charge < -0.3 is 14.8 Å². The molecule has 2 aromatic rings. The van der Waals surface area contributed by atoms with Crippen LogP contribution in [0.5, 0.6) is 0 Å². The number of benzene rings is 1. The number of rotatable bonds is 10. The van der Waals surface area contributed by atoms with E-state index >= 15 is 0 Å². The van der Waals surface area contributed by atoms with Crippen LogP contribution in [0.1, 0.15) is 45.4 Å². The van der Waals surface area contributed by atoms with Gasteiger partial charge in [-0.2, -0.15) is 0 Å². The van der Waals surface area contributed by atoms with E-state index in [0.29, 0.717) is 19.0 Å². The van der Waals surface area contributed by atoms with Crippen molar-refractivity contribution in [2.75, 3.05) is 13.1 Å². The maximum Gasteiger partial charge on any atom is 0.237 e. The number of nitrogens with zero attached hydrogens (tertiary/aromatic N) is 2. The monoisotopic (exact) mass is 355 g/mol. The van der Waals surface area contributed by atoms with Crippen LogP contribution in [-0.4, -0.2) is 34.5 Å². The summed E-state index contributed by atoms with van der Waals surface area (Å²) >= 11 is 0. The summed E-state index contributed by atoms with van der Waals surface area (Å²) in [5, 5.41) is 3.29. The van der Waals surface area contributed by atoms with E-state index < -0.39 is 0 Å². The van der Waals surface area contributed by atoms with Crippen molar-refractivity contribution in [2.45, 2.75) is 53.2 Å². The van der Waals surface area contributed by atoms with Gasteiger partial charge in [-0.15, -0.1) is 0 Å². The molecule has 0 radical (unpaired) electrons. The Labute approximate surface area is 158 Å². The predicted octanol–water partition coefficient (Wildman–Crippen LogP) is 3.91. The molecule has 1 amide bonds. The highest BCUT2D eigenvalue weighted by Crippen LogP contribution is 2.12. The van der Waals surface area contributed by atoms with Gasteiger partial charge in [0.05, 0.1) is 13.1 Å². The van der Waals surface area contributed by atoms with Crippen molar-refractivity contribution in [3.63, 3.8) is 0 Å². The van der Waals surface area contributed by atoms with Crippen molar-refractivity contribution < 1.29 is 4.79 Å². The maximum absolute atomic E-state index is 12.7. The molecule has 4 heteroatoms. The quantitative estimate of drug-likeness (QED) is 0.656. The Morgan fingerprint density at radius 3 is 2.46 bits per heavy atom. The molecule has 1 heterocycles. The van der Waals surface area contributed by atoms with Gasteiger partial charge in [-0.1, -0.05) is 44.2 Å². The molecule has 0 aliphatic carbocycles. The highest BCUT2D eigenvalue weighted by Gasteiger charge is 2.18. The molecule has 0 unspecified atom stereocenters. The van der Waals surface area contributed by atoms with Crippen molar-refractivity contribution >= 4 is 5.91 Å². The van der Waals surface area contributed by atoms with Crippen LogP contribution >= 0.6 is 0 Å². The lowest BCUT2D eigenvalue weighted by Crippen LogP contribution is -2.42. The fraction of sp³-hybridized carbons (Fsp3) is 0.500. The lowest BCUT2D eigenvalue weighted by atomic mass is 10.1. The van der Waals surface area contributed by atoms with E-state index in [0.717, 1.165) is 25.2 Å². The third kappa shape index (κ3) is 6.34. The van der Waals surface area contributed by atoms with E-state index in [9.17, 15) is 4.79 Å². The number of carbonyl (C=O) groups excluding carboxylic acids is 1. The minimum absolute atomic E-state index is 0.163. The van der Waals surface area contributed by atoms with E-state index in [1.807, 2.05) is 11.0 Å². The third-order valence-corrected chi connectivity index (χ3v) is 4.57. The van der Waals surface area contributed by atoms with Crippen LogP contribution in [0.25, 0.3) is 0 Å². The third-order valence-electron chi connectivity index (χ3n) is 4.57. The minimum atomic E-state index is 0.163. The van der Waals surface area contributed by atoms with Gasteiger partial charge in [0.15, 0.2) is 0 Å². The van der Waals surface area contributed by atoms with Crippen LogP contribution < -0.4 is 5.32 Å². The average Bonchev–Trinajstić information content (AvgIpc) is 3.03. The predicted molar refractivity (Wildman–Crippen MR) is 108 cm³/mol. The van der Waals surface area contributed by atoms with Gasteiger partial charge in [-0.25, -0.2) is 0 Å². The zero-order valence-corrected chi connectivity index (χ0v) is 16.6. The zero-order valence-electron chi connectivity index (χ0n) is 16.6. The van der Waals surface area contributed by atoms with Gasteiger partial charge in [0.25, 0.3) is 0 Å². The fourth-order valence-corrected chi connectivity index (χ4v) is 2.95. The Bertz CT molecular complexity index is 661. The van der Waals surface area contributed by atoms with Gasteiger partial charge in [-0.3, -0.25) is 4.79 Å². The lowest BCUT2D eigenvalue weighted by Gasteiger charge is -2.27. The second-order valence-corrected chi connectivity index (χ2v) is 7.59. The highest BCUT2D eigenvalue weighted by atomic mass is 16.2. The first-order chi connectivity index (χ1) is 12.5. The van der Waals surface area contributed by atoms with Gasteiger partial charge in [0, 0.05) is 24.5 Å². The van der Waals surface area contributed by atoms with Crippen molar-refractivity contribution in [3.05, 3.63) is 59.9 Å². The maximum atomic E-state index is 12.7. The van der Waals surface area contributed by atoms with Crippen LogP contribution in [0.4, 0.5) is 0 Å². The van der Waals surface area contributed by atoms with E-state index in [-0.39, 0.29) is 11.9 Å². The van der Waals surface area contributed by atoms with Crippen molar-refractivity contribution in [1.29, 1.82) is 0 Å². The molecule has 2 rings (SSSR count). The first-order valence-corrected chi connectivity index (χ1v) is 9.65. The van der Waals surface area contributed by atoms with Crippen LogP contribution in [0, 0.1) is 5.92 Å². The average molecular weight is 356 g/mol. The van der Waals surface area contributed by atoms with Crippen LogP contribution in [0.2, 0.25) is 0 Å². The van der Waals surface area contributed by atoms with Crippen LogP contribution in [-0.2, 0) is 17.9 Å². The molecule has 0 bridgehead atoms. The molecular weight excluding hydrogens is 322 g/mol.